The standard InChI is InChI=1S/C80H151NO18/c1-3-5-7-9-11-13-15-17-19-21-23-25-27-29-31-33-35-37-39-41-43-45-47-49-51-53-55-57-64(85)63(81-68(86)58-56-54-52-50-48-46-44-42-40-38-36-34-32-30-28-26-24-22-20-18-16-14-12-10-8-6-4-2)62-94-78-74(92)71(89)76(66(60-83)96-78)99-80-75(93)72(90)77(67(61-84)97-80)98-79-73(91)70(88)69(87)65(59-82)95-79/h47,49,55,57,63-67,69-80,82-85,87-93H,3-46,48,50-54,56,58-62H2,1-2H3,(H,81,86)/b49-47+,57-55+. The fourth-order valence-electron chi connectivity index (χ4n) is 14.2. The number of hydrogen-bond donors (Lipinski definition) is 12. The predicted molar refractivity (Wildman–Crippen MR) is 393 cm³/mol. The summed E-state index contributed by atoms with van der Waals surface area (Å²) in [7, 11) is 0. The summed E-state index contributed by atoms with van der Waals surface area (Å²) in [5, 5.41) is 121. The lowest BCUT2D eigenvalue weighted by Crippen LogP contribution is -2.66. The third-order valence-corrected chi connectivity index (χ3v) is 20.8. The summed E-state index contributed by atoms with van der Waals surface area (Å²) in [6.07, 6.45) is 47.5. The molecule has 17 unspecified atom stereocenters. The van der Waals surface area contributed by atoms with E-state index in [0.717, 1.165) is 38.5 Å². The molecular formula is C80H151NO18. The number of carbonyl (C=O) groups excluding carboxylic acids is 1. The molecule has 0 bridgehead atoms. The number of unbranched alkanes of at least 4 members (excludes halogenated alkanes) is 48. The van der Waals surface area contributed by atoms with Crippen molar-refractivity contribution in [1.82, 2.24) is 5.32 Å². The van der Waals surface area contributed by atoms with Crippen LogP contribution < -0.4 is 5.32 Å². The van der Waals surface area contributed by atoms with Crippen LogP contribution in [0.25, 0.3) is 0 Å². The van der Waals surface area contributed by atoms with Crippen LogP contribution in [0.15, 0.2) is 24.3 Å². The van der Waals surface area contributed by atoms with Crippen molar-refractivity contribution in [2.75, 3.05) is 26.4 Å². The molecule has 3 aliphatic rings. The summed E-state index contributed by atoms with van der Waals surface area (Å²) in [6.45, 7) is 1.78. The molecule has 17 atom stereocenters. The van der Waals surface area contributed by atoms with E-state index in [4.69, 9.17) is 28.4 Å². The van der Waals surface area contributed by atoms with E-state index in [0.29, 0.717) is 12.8 Å². The van der Waals surface area contributed by atoms with Crippen LogP contribution in [0.4, 0.5) is 0 Å². The molecule has 19 heteroatoms. The van der Waals surface area contributed by atoms with E-state index in [9.17, 15) is 61.0 Å². The average Bonchev–Trinajstić information content (AvgIpc) is 0.781. The molecule has 19 nitrogen and oxygen atoms in total. The summed E-state index contributed by atoms with van der Waals surface area (Å²) in [4.78, 5) is 13.5. The maximum Gasteiger partial charge on any atom is 0.220 e. The van der Waals surface area contributed by atoms with Crippen molar-refractivity contribution in [3.63, 3.8) is 0 Å². The Morgan fingerprint density at radius 2 is 0.646 bits per heavy atom. The van der Waals surface area contributed by atoms with Crippen molar-refractivity contribution < 1.29 is 89.4 Å². The van der Waals surface area contributed by atoms with Crippen LogP contribution in [0.5, 0.6) is 0 Å². The topological polar surface area (TPSA) is 307 Å². The molecule has 0 spiro atoms. The first-order valence-electron chi connectivity index (χ1n) is 41.1. The first kappa shape index (κ1) is 91.5. The van der Waals surface area contributed by atoms with Gasteiger partial charge in [-0.2, -0.15) is 0 Å². The number of aliphatic hydroxyl groups is 11. The Hall–Kier alpha value is -1.73. The Morgan fingerprint density at radius 1 is 0.354 bits per heavy atom. The van der Waals surface area contributed by atoms with Gasteiger partial charge in [-0.05, 0) is 32.1 Å². The summed E-state index contributed by atoms with van der Waals surface area (Å²) >= 11 is 0. The minimum absolute atomic E-state index is 0.241. The van der Waals surface area contributed by atoms with E-state index in [2.05, 4.69) is 31.3 Å². The van der Waals surface area contributed by atoms with E-state index in [1.165, 1.54) is 276 Å². The molecule has 0 aromatic heterocycles. The van der Waals surface area contributed by atoms with Crippen molar-refractivity contribution in [2.45, 2.75) is 452 Å². The first-order chi connectivity index (χ1) is 48.3. The molecule has 3 rings (SSSR count). The minimum atomic E-state index is -1.98. The van der Waals surface area contributed by atoms with Gasteiger partial charge in [-0.3, -0.25) is 4.79 Å². The highest BCUT2D eigenvalue weighted by Gasteiger charge is 2.54. The van der Waals surface area contributed by atoms with Gasteiger partial charge in [0.05, 0.1) is 38.6 Å². The monoisotopic (exact) mass is 1410 g/mol. The third kappa shape index (κ3) is 41.7. The molecule has 3 aliphatic heterocycles. The van der Waals surface area contributed by atoms with Gasteiger partial charge in [0, 0.05) is 6.42 Å². The second-order valence-corrected chi connectivity index (χ2v) is 29.6. The number of nitrogens with one attached hydrogen (secondary N) is 1. The summed E-state index contributed by atoms with van der Waals surface area (Å²) in [5.74, 6) is -0.277. The van der Waals surface area contributed by atoms with Gasteiger partial charge in [0.2, 0.25) is 5.91 Å². The van der Waals surface area contributed by atoms with Crippen molar-refractivity contribution in [2.24, 2.45) is 0 Å². The molecule has 99 heavy (non-hydrogen) atoms. The van der Waals surface area contributed by atoms with E-state index in [-0.39, 0.29) is 18.9 Å². The molecule has 0 saturated carbocycles. The van der Waals surface area contributed by atoms with Crippen LogP contribution in [-0.4, -0.2) is 193 Å². The molecular weight excluding hydrogens is 1260 g/mol. The van der Waals surface area contributed by atoms with Gasteiger partial charge in [-0.1, -0.05) is 334 Å². The highest BCUT2D eigenvalue weighted by Crippen LogP contribution is 2.33. The highest BCUT2D eigenvalue weighted by molar-refractivity contribution is 5.76. The lowest BCUT2D eigenvalue weighted by atomic mass is 9.96. The number of allylic oxidation sites excluding steroid dienone is 3. The molecule has 3 heterocycles. The Morgan fingerprint density at radius 3 is 1.01 bits per heavy atom. The molecule has 3 saturated heterocycles. The minimum Gasteiger partial charge on any atom is -0.394 e. The second-order valence-electron chi connectivity index (χ2n) is 29.6. The zero-order chi connectivity index (χ0) is 71.8. The SMILES string of the molecule is CCCCCCCCCCCCCCCCCCCCCCC/C=C/CC/C=C/C(O)C(COC1OC(CO)C(OC2OC(CO)C(OC3OC(CO)C(O)C(O)C3O)C(O)C2O)C(O)C1O)NC(=O)CCCCCCCCCCCCCCCCCCCCCCCCCCCCC. The molecule has 0 aromatic rings. The Bertz CT molecular complexity index is 1880. The van der Waals surface area contributed by atoms with Crippen LogP contribution in [0, 0.1) is 0 Å². The Labute approximate surface area is 600 Å². The van der Waals surface area contributed by atoms with E-state index in [1.807, 2.05) is 6.08 Å². The number of amides is 1. The van der Waals surface area contributed by atoms with Gasteiger partial charge in [0.15, 0.2) is 18.9 Å². The Balaban J connectivity index is 1.38. The Kier molecular flexibility index (Phi) is 56.8. The average molecular weight is 1420 g/mol. The van der Waals surface area contributed by atoms with Gasteiger partial charge < -0.3 is 89.9 Å². The van der Waals surface area contributed by atoms with E-state index in [1.54, 1.807) is 6.08 Å². The van der Waals surface area contributed by atoms with Gasteiger partial charge in [0.25, 0.3) is 0 Å². The fraction of sp³-hybridized carbons (Fsp3) is 0.938. The van der Waals surface area contributed by atoms with Gasteiger partial charge in [-0.15, -0.1) is 0 Å². The quantitative estimate of drug-likeness (QED) is 0.0199. The summed E-state index contributed by atoms with van der Waals surface area (Å²) < 4.78 is 34.5. The van der Waals surface area contributed by atoms with Crippen molar-refractivity contribution in [3.8, 4) is 0 Å². The zero-order valence-corrected chi connectivity index (χ0v) is 62.5. The first-order valence-corrected chi connectivity index (χ1v) is 41.1. The molecule has 0 radical (unpaired) electrons. The highest BCUT2D eigenvalue weighted by atomic mass is 16.8. The van der Waals surface area contributed by atoms with E-state index >= 15 is 0 Å². The van der Waals surface area contributed by atoms with Gasteiger partial charge in [0.1, 0.15) is 73.2 Å². The summed E-state index contributed by atoms with van der Waals surface area (Å²) in [6, 6.07) is -0.988. The maximum absolute atomic E-state index is 13.5. The van der Waals surface area contributed by atoms with Crippen molar-refractivity contribution in [1.29, 1.82) is 0 Å². The molecule has 12 N–H and O–H groups in total. The fourth-order valence-corrected chi connectivity index (χ4v) is 14.2. The van der Waals surface area contributed by atoms with E-state index < -0.39 is 124 Å². The van der Waals surface area contributed by atoms with Crippen molar-refractivity contribution >= 4 is 5.91 Å². The van der Waals surface area contributed by atoms with Gasteiger partial charge in [-0.25, -0.2) is 0 Å². The van der Waals surface area contributed by atoms with Crippen molar-refractivity contribution in [3.05, 3.63) is 24.3 Å². The molecule has 1 amide bonds. The van der Waals surface area contributed by atoms with Gasteiger partial charge >= 0.3 is 0 Å². The third-order valence-electron chi connectivity index (χ3n) is 20.8. The smallest absolute Gasteiger partial charge is 0.220 e. The molecule has 584 valence electrons. The predicted octanol–water partition coefficient (Wildman–Crippen LogP) is 13.7. The normalized spacial score (nSPS) is 26.7. The zero-order valence-electron chi connectivity index (χ0n) is 62.5. The summed E-state index contributed by atoms with van der Waals surface area (Å²) in [5.41, 5.74) is 0. The second kappa shape index (κ2) is 61.4. The number of carbonyl (C=O) groups is 1. The van der Waals surface area contributed by atoms with Crippen LogP contribution in [0.3, 0.4) is 0 Å². The molecule has 3 fully saturated rings. The van der Waals surface area contributed by atoms with Crippen LogP contribution >= 0.6 is 0 Å². The lowest BCUT2D eigenvalue weighted by Gasteiger charge is -2.48. The molecule has 0 aliphatic carbocycles. The van der Waals surface area contributed by atoms with Crippen LogP contribution in [0.1, 0.15) is 348 Å². The van der Waals surface area contributed by atoms with Crippen LogP contribution in [-0.2, 0) is 33.2 Å². The maximum atomic E-state index is 13.5. The number of aliphatic hydroxyl groups excluding tert-OH is 11. The lowest BCUT2D eigenvalue weighted by molar-refractivity contribution is -0.379. The molecule has 0 aromatic carbocycles. The number of ether oxygens (including phenoxy) is 6. The number of hydrogen-bond acceptors (Lipinski definition) is 18. The van der Waals surface area contributed by atoms with Crippen LogP contribution in [0.2, 0.25) is 0 Å². The largest absolute Gasteiger partial charge is 0.394 e. The number of rotatable bonds is 66.